The van der Waals surface area contributed by atoms with E-state index in [9.17, 15) is 5.11 Å². The Bertz CT molecular complexity index is 1220. The molecule has 0 bridgehead atoms. The number of imidazole rings is 1. The van der Waals surface area contributed by atoms with E-state index in [4.69, 9.17) is 10.2 Å². The molecule has 1 fully saturated rings. The van der Waals surface area contributed by atoms with Crippen LogP contribution in [0.4, 0.5) is 17.6 Å². The molecule has 1 saturated heterocycles. The van der Waals surface area contributed by atoms with Crippen LogP contribution >= 0.6 is 0 Å². The molecule has 1 aliphatic heterocycles. The second-order valence-corrected chi connectivity index (χ2v) is 7.22. The lowest BCUT2D eigenvalue weighted by Crippen LogP contribution is -2.34. The molecule has 1 unspecified atom stereocenters. The van der Waals surface area contributed by atoms with E-state index < -0.39 is 0 Å². The van der Waals surface area contributed by atoms with Crippen LogP contribution in [0.3, 0.4) is 0 Å². The average molecular weight is 400 g/mol. The van der Waals surface area contributed by atoms with Crippen molar-refractivity contribution in [2.24, 2.45) is 0 Å². The lowest BCUT2D eigenvalue weighted by atomic mass is 10.2. The van der Waals surface area contributed by atoms with Crippen molar-refractivity contribution in [1.29, 1.82) is 5.26 Å². The van der Waals surface area contributed by atoms with E-state index >= 15 is 0 Å². The molecular weight excluding hydrogens is 380 g/mol. The third-order valence-corrected chi connectivity index (χ3v) is 5.35. The molecule has 5 rings (SSSR count). The van der Waals surface area contributed by atoms with Gasteiger partial charge in [-0.05, 0) is 49.2 Å². The van der Waals surface area contributed by atoms with Gasteiger partial charge in [-0.3, -0.25) is 0 Å². The summed E-state index contributed by atoms with van der Waals surface area (Å²) in [5, 5.41) is 26.5. The highest BCUT2D eigenvalue weighted by Gasteiger charge is 2.27. The van der Waals surface area contributed by atoms with Crippen molar-refractivity contribution in [2.75, 3.05) is 23.4 Å². The van der Waals surface area contributed by atoms with Gasteiger partial charge in [-0.2, -0.15) is 10.2 Å². The number of anilines is 3. The molecule has 150 valence electrons. The van der Waals surface area contributed by atoms with Crippen LogP contribution in [0.5, 0.6) is 0 Å². The van der Waals surface area contributed by atoms with E-state index in [0.717, 1.165) is 30.6 Å². The minimum Gasteiger partial charge on any atom is -0.394 e. The van der Waals surface area contributed by atoms with Gasteiger partial charge in [0, 0.05) is 18.4 Å². The van der Waals surface area contributed by atoms with Crippen molar-refractivity contribution in [2.45, 2.75) is 18.9 Å². The molecule has 4 heterocycles. The summed E-state index contributed by atoms with van der Waals surface area (Å²) in [6.45, 7) is 0.912. The summed E-state index contributed by atoms with van der Waals surface area (Å²) in [4.78, 5) is 11.2. The van der Waals surface area contributed by atoms with Gasteiger partial charge < -0.3 is 19.9 Å². The standard InChI is InChI=1S/C21H20N8O/c22-11-15-5-7-16(8-6-15)27-12-19(23-14-27)24-20-18-4-2-10-29(18)26-21(25-20)28-9-1-3-17(28)13-30/h2,4-8,10,12,14,17,30H,1,3,9,13H2,(H,24,25,26). The number of hydrogen-bond acceptors (Lipinski definition) is 7. The van der Waals surface area contributed by atoms with Gasteiger partial charge in [0.25, 0.3) is 0 Å². The van der Waals surface area contributed by atoms with Crippen LogP contribution in [0.15, 0.2) is 55.1 Å². The Morgan fingerprint density at radius 1 is 1.23 bits per heavy atom. The predicted molar refractivity (Wildman–Crippen MR) is 112 cm³/mol. The summed E-state index contributed by atoms with van der Waals surface area (Å²) in [6.07, 6.45) is 7.40. The third-order valence-electron chi connectivity index (χ3n) is 5.35. The molecule has 1 aliphatic rings. The Balaban J connectivity index is 1.46. The summed E-state index contributed by atoms with van der Waals surface area (Å²) in [5.74, 6) is 1.88. The molecule has 0 aliphatic carbocycles. The maximum atomic E-state index is 9.67. The van der Waals surface area contributed by atoms with Gasteiger partial charge in [0.2, 0.25) is 5.95 Å². The second-order valence-electron chi connectivity index (χ2n) is 7.22. The first kappa shape index (κ1) is 18.1. The van der Waals surface area contributed by atoms with Gasteiger partial charge in [0.05, 0.1) is 30.5 Å². The van der Waals surface area contributed by atoms with Crippen molar-refractivity contribution in [3.05, 3.63) is 60.7 Å². The van der Waals surface area contributed by atoms with Crippen molar-refractivity contribution >= 4 is 23.1 Å². The number of aromatic nitrogens is 5. The van der Waals surface area contributed by atoms with Crippen molar-refractivity contribution < 1.29 is 5.11 Å². The smallest absolute Gasteiger partial charge is 0.245 e. The van der Waals surface area contributed by atoms with Gasteiger partial charge in [0.15, 0.2) is 5.82 Å². The van der Waals surface area contributed by atoms with Gasteiger partial charge in [-0.1, -0.05) is 0 Å². The molecule has 0 amide bonds. The Morgan fingerprint density at radius 3 is 2.90 bits per heavy atom. The van der Waals surface area contributed by atoms with Crippen LogP contribution in [0, 0.1) is 11.3 Å². The lowest BCUT2D eigenvalue weighted by Gasteiger charge is -2.23. The highest BCUT2D eigenvalue weighted by atomic mass is 16.3. The fourth-order valence-electron chi connectivity index (χ4n) is 3.78. The molecule has 0 spiro atoms. The van der Waals surface area contributed by atoms with Crippen LogP contribution in [0.1, 0.15) is 18.4 Å². The van der Waals surface area contributed by atoms with E-state index in [0.29, 0.717) is 23.1 Å². The van der Waals surface area contributed by atoms with Crippen LogP contribution in [-0.2, 0) is 0 Å². The van der Waals surface area contributed by atoms with Crippen LogP contribution in [0.2, 0.25) is 0 Å². The zero-order valence-corrected chi connectivity index (χ0v) is 16.2. The topological polar surface area (TPSA) is 107 Å². The van der Waals surface area contributed by atoms with E-state index in [1.165, 1.54) is 0 Å². The maximum Gasteiger partial charge on any atom is 0.245 e. The van der Waals surface area contributed by atoms with Crippen molar-refractivity contribution in [3.8, 4) is 11.8 Å². The van der Waals surface area contributed by atoms with E-state index in [1.54, 1.807) is 23.0 Å². The van der Waals surface area contributed by atoms with Gasteiger partial charge in [-0.15, -0.1) is 5.10 Å². The highest BCUT2D eigenvalue weighted by molar-refractivity contribution is 5.73. The van der Waals surface area contributed by atoms with Crippen LogP contribution < -0.4 is 10.2 Å². The van der Waals surface area contributed by atoms with Crippen molar-refractivity contribution in [3.63, 3.8) is 0 Å². The molecule has 1 atom stereocenters. The number of aliphatic hydroxyl groups is 1. The fraction of sp³-hybridized carbons (Fsp3) is 0.238. The number of aliphatic hydroxyl groups excluding tert-OH is 1. The summed E-state index contributed by atoms with van der Waals surface area (Å²) in [6, 6.07) is 13.3. The summed E-state index contributed by atoms with van der Waals surface area (Å²) >= 11 is 0. The number of nitriles is 1. The summed E-state index contributed by atoms with van der Waals surface area (Å²) in [5.41, 5.74) is 2.37. The normalized spacial score (nSPS) is 16.1. The number of fused-ring (bicyclic) bond motifs is 1. The Kier molecular flexibility index (Phi) is 4.53. The molecular formula is C21H20N8O. The molecule has 0 radical (unpaired) electrons. The van der Waals surface area contributed by atoms with Crippen molar-refractivity contribution in [1.82, 2.24) is 24.1 Å². The quantitative estimate of drug-likeness (QED) is 0.530. The fourth-order valence-corrected chi connectivity index (χ4v) is 3.78. The minimum atomic E-state index is 0.0430. The first-order valence-electron chi connectivity index (χ1n) is 9.79. The number of benzene rings is 1. The van der Waals surface area contributed by atoms with E-state index in [2.05, 4.69) is 26.4 Å². The highest BCUT2D eigenvalue weighted by Crippen LogP contribution is 2.26. The van der Waals surface area contributed by atoms with Crippen LogP contribution in [0.25, 0.3) is 11.2 Å². The third kappa shape index (κ3) is 3.23. The Hall–Kier alpha value is -3.90. The molecule has 1 aromatic carbocycles. The maximum absolute atomic E-state index is 9.67. The molecule has 3 aromatic heterocycles. The monoisotopic (exact) mass is 400 g/mol. The Labute approximate surface area is 172 Å². The summed E-state index contributed by atoms with van der Waals surface area (Å²) < 4.78 is 3.66. The van der Waals surface area contributed by atoms with E-state index in [-0.39, 0.29) is 12.6 Å². The number of nitrogens with one attached hydrogen (secondary N) is 1. The van der Waals surface area contributed by atoms with Gasteiger partial charge >= 0.3 is 0 Å². The minimum absolute atomic E-state index is 0.0430. The van der Waals surface area contributed by atoms with Gasteiger partial charge in [-0.25, -0.2) is 9.50 Å². The molecule has 0 saturated carbocycles. The first-order valence-corrected chi connectivity index (χ1v) is 9.79. The molecule has 9 heteroatoms. The molecule has 4 aromatic rings. The lowest BCUT2D eigenvalue weighted by molar-refractivity contribution is 0.265. The molecule has 9 nitrogen and oxygen atoms in total. The number of hydrogen-bond donors (Lipinski definition) is 2. The zero-order valence-electron chi connectivity index (χ0n) is 16.2. The largest absolute Gasteiger partial charge is 0.394 e. The first-order chi connectivity index (χ1) is 14.7. The van der Waals surface area contributed by atoms with Crippen LogP contribution in [-0.4, -0.2) is 48.4 Å². The predicted octanol–water partition coefficient (Wildman–Crippen LogP) is 2.49. The SMILES string of the molecule is N#Cc1ccc(-n2cnc(Nc3nc(N4CCCC4CO)nn4cccc34)c2)cc1. The average Bonchev–Trinajstić information content (AvgIpc) is 3.53. The Morgan fingerprint density at radius 2 is 2.10 bits per heavy atom. The summed E-state index contributed by atoms with van der Waals surface area (Å²) in [7, 11) is 0. The molecule has 30 heavy (non-hydrogen) atoms. The number of nitrogens with zero attached hydrogens (tertiary/aromatic N) is 7. The van der Waals surface area contributed by atoms with E-state index in [1.807, 2.05) is 41.2 Å². The second kappa shape index (κ2) is 7.50. The van der Waals surface area contributed by atoms with Gasteiger partial charge in [0.1, 0.15) is 17.7 Å². The zero-order chi connectivity index (χ0) is 20.5. The molecule has 2 N–H and O–H groups in total. The number of rotatable bonds is 5.